The normalized spacial score (nSPS) is 9.96. The molecule has 2 aromatic rings. The van der Waals surface area contributed by atoms with Gasteiger partial charge in [0.25, 0.3) is 5.91 Å². The van der Waals surface area contributed by atoms with Gasteiger partial charge in [-0.25, -0.2) is 0 Å². The van der Waals surface area contributed by atoms with E-state index in [0.29, 0.717) is 16.3 Å². The Morgan fingerprint density at radius 2 is 1.85 bits per heavy atom. The number of hydrogen-bond acceptors (Lipinski definition) is 4. The summed E-state index contributed by atoms with van der Waals surface area (Å²) in [7, 11) is 1.47. The van der Waals surface area contributed by atoms with Crippen molar-refractivity contribution >= 4 is 56.7 Å². The molecule has 26 heavy (non-hydrogen) atoms. The summed E-state index contributed by atoms with van der Waals surface area (Å²) in [5.41, 5.74) is 6.01. The van der Waals surface area contributed by atoms with Crippen LogP contribution in [0.2, 0.25) is 5.02 Å². The van der Waals surface area contributed by atoms with E-state index in [9.17, 15) is 9.59 Å². The molecule has 9 heteroatoms. The molecule has 0 heterocycles. The van der Waals surface area contributed by atoms with E-state index in [2.05, 4.69) is 32.1 Å². The summed E-state index contributed by atoms with van der Waals surface area (Å²) in [6.07, 6.45) is 0.139. The lowest BCUT2D eigenvalue weighted by Gasteiger charge is -2.12. The van der Waals surface area contributed by atoms with E-state index in [-0.39, 0.29) is 17.4 Å². The van der Waals surface area contributed by atoms with Crippen molar-refractivity contribution < 1.29 is 14.3 Å². The van der Waals surface area contributed by atoms with Gasteiger partial charge >= 0.3 is 0 Å². The molecule has 2 rings (SSSR count). The first-order valence-corrected chi connectivity index (χ1v) is 8.95. The van der Waals surface area contributed by atoms with Gasteiger partial charge in [0, 0.05) is 9.50 Å². The van der Waals surface area contributed by atoms with Gasteiger partial charge in [0.15, 0.2) is 5.11 Å². The molecule has 0 saturated carbocycles. The van der Waals surface area contributed by atoms with E-state index in [1.807, 2.05) is 0 Å². The van der Waals surface area contributed by atoms with Crippen LogP contribution in [0.5, 0.6) is 5.75 Å². The second kappa shape index (κ2) is 9.51. The zero-order valence-corrected chi connectivity index (χ0v) is 16.8. The Balaban J connectivity index is 1.86. The van der Waals surface area contributed by atoms with Crippen LogP contribution < -0.4 is 20.9 Å². The molecule has 0 atom stereocenters. The van der Waals surface area contributed by atoms with Gasteiger partial charge in [-0.05, 0) is 48.1 Å². The molecule has 0 saturated heterocycles. The average Bonchev–Trinajstić information content (AvgIpc) is 2.62. The first-order chi connectivity index (χ1) is 12.4. The van der Waals surface area contributed by atoms with Crippen LogP contribution in [0.15, 0.2) is 46.9 Å². The Labute approximate surface area is 169 Å². The molecule has 0 aliphatic rings. The minimum Gasteiger partial charge on any atom is -0.496 e. The largest absolute Gasteiger partial charge is 0.496 e. The number of carbonyl (C=O) groups is 2. The van der Waals surface area contributed by atoms with Gasteiger partial charge in [0.05, 0.1) is 19.1 Å². The summed E-state index contributed by atoms with van der Waals surface area (Å²) in [6, 6.07) is 11.9. The third-order valence-electron chi connectivity index (χ3n) is 3.23. The van der Waals surface area contributed by atoms with Crippen molar-refractivity contribution in [1.29, 1.82) is 0 Å². The van der Waals surface area contributed by atoms with Gasteiger partial charge < -0.3 is 4.74 Å². The van der Waals surface area contributed by atoms with Gasteiger partial charge in [0.1, 0.15) is 5.75 Å². The number of hydrogen-bond donors (Lipinski definition) is 3. The van der Waals surface area contributed by atoms with Crippen LogP contribution in [0, 0.1) is 0 Å². The third-order valence-corrected chi connectivity index (χ3v) is 4.18. The molecule has 0 bridgehead atoms. The molecule has 2 amide bonds. The number of methoxy groups -OCH3 is 1. The van der Waals surface area contributed by atoms with Gasteiger partial charge in [-0.3, -0.25) is 25.8 Å². The standard InChI is InChI=1S/C17H15BrClN3O3S/c1-25-14-7-4-11(18)9-13(14)16(24)20-17(26)22-21-15(23)8-10-2-5-12(19)6-3-10/h2-7,9H,8H2,1H3,(H,21,23)(H2,20,22,24,26). The minimum atomic E-state index is -0.465. The molecule has 0 aliphatic heterocycles. The Bertz CT molecular complexity index is 831. The number of halogens is 2. The zero-order chi connectivity index (χ0) is 19.1. The summed E-state index contributed by atoms with van der Waals surface area (Å²) in [5.74, 6) is -0.378. The molecule has 0 aromatic heterocycles. The van der Waals surface area contributed by atoms with Crippen LogP contribution in [0.25, 0.3) is 0 Å². The van der Waals surface area contributed by atoms with Crippen LogP contribution in [-0.2, 0) is 11.2 Å². The number of carbonyl (C=O) groups excluding carboxylic acids is 2. The van der Waals surface area contributed by atoms with Crippen molar-refractivity contribution in [2.45, 2.75) is 6.42 Å². The van der Waals surface area contributed by atoms with Crippen molar-refractivity contribution in [3.8, 4) is 5.75 Å². The molecular weight excluding hydrogens is 442 g/mol. The van der Waals surface area contributed by atoms with Gasteiger partial charge in [-0.1, -0.05) is 39.7 Å². The smallest absolute Gasteiger partial charge is 0.261 e. The van der Waals surface area contributed by atoms with Crippen LogP contribution in [0.4, 0.5) is 0 Å². The Hall–Kier alpha value is -2.16. The third kappa shape index (κ3) is 5.98. The minimum absolute atomic E-state index is 0.0403. The Morgan fingerprint density at radius 3 is 2.50 bits per heavy atom. The predicted molar refractivity (Wildman–Crippen MR) is 107 cm³/mol. The highest BCUT2D eigenvalue weighted by atomic mass is 79.9. The average molecular weight is 457 g/mol. The Kier molecular flexibility index (Phi) is 7.38. The lowest BCUT2D eigenvalue weighted by atomic mass is 10.1. The second-order valence-corrected chi connectivity index (χ2v) is 6.86. The monoisotopic (exact) mass is 455 g/mol. The zero-order valence-electron chi connectivity index (χ0n) is 13.6. The summed E-state index contributed by atoms with van der Waals surface area (Å²) in [6.45, 7) is 0. The maximum atomic E-state index is 12.3. The highest BCUT2D eigenvalue weighted by Crippen LogP contribution is 2.22. The van der Waals surface area contributed by atoms with Gasteiger partial charge in [-0.15, -0.1) is 0 Å². The van der Waals surface area contributed by atoms with Crippen molar-refractivity contribution in [2.75, 3.05) is 7.11 Å². The second-order valence-electron chi connectivity index (χ2n) is 5.10. The fraction of sp³-hybridized carbons (Fsp3) is 0.118. The molecule has 0 aliphatic carbocycles. The fourth-order valence-electron chi connectivity index (χ4n) is 2.02. The maximum absolute atomic E-state index is 12.3. The van der Waals surface area contributed by atoms with Gasteiger partial charge in [-0.2, -0.15) is 0 Å². The first kappa shape index (κ1) is 20.2. The fourth-order valence-corrected chi connectivity index (χ4v) is 2.65. The summed E-state index contributed by atoms with van der Waals surface area (Å²) in [5, 5.41) is 3.03. The van der Waals surface area contributed by atoms with E-state index >= 15 is 0 Å². The number of benzene rings is 2. The summed E-state index contributed by atoms with van der Waals surface area (Å²) in [4.78, 5) is 24.2. The molecule has 0 fully saturated rings. The molecule has 136 valence electrons. The van der Waals surface area contributed by atoms with Crippen LogP contribution >= 0.6 is 39.7 Å². The highest BCUT2D eigenvalue weighted by molar-refractivity contribution is 9.10. The number of nitrogens with one attached hydrogen (secondary N) is 3. The molecule has 6 nitrogen and oxygen atoms in total. The van der Waals surface area contributed by atoms with E-state index in [4.69, 9.17) is 28.6 Å². The van der Waals surface area contributed by atoms with E-state index in [1.54, 1.807) is 42.5 Å². The molecular formula is C17H15BrClN3O3S. The van der Waals surface area contributed by atoms with E-state index in [1.165, 1.54) is 7.11 Å². The number of hydrazine groups is 1. The lowest BCUT2D eigenvalue weighted by molar-refractivity contribution is -0.121. The molecule has 0 radical (unpaired) electrons. The molecule has 3 N–H and O–H groups in total. The molecule has 2 aromatic carbocycles. The predicted octanol–water partition coefficient (Wildman–Crippen LogP) is 2.99. The summed E-state index contributed by atoms with van der Waals surface area (Å²) < 4.78 is 5.87. The number of rotatable bonds is 4. The lowest BCUT2D eigenvalue weighted by Crippen LogP contribution is -2.48. The van der Waals surface area contributed by atoms with E-state index in [0.717, 1.165) is 10.0 Å². The highest BCUT2D eigenvalue weighted by Gasteiger charge is 2.14. The van der Waals surface area contributed by atoms with Crippen molar-refractivity contribution in [2.24, 2.45) is 0 Å². The van der Waals surface area contributed by atoms with Crippen LogP contribution in [-0.4, -0.2) is 24.0 Å². The molecule has 0 unspecified atom stereocenters. The van der Waals surface area contributed by atoms with Gasteiger partial charge in [0.2, 0.25) is 5.91 Å². The van der Waals surface area contributed by atoms with Crippen molar-refractivity contribution in [1.82, 2.24) is 16.2 Å². The maximum Gasteiger partial charge on any atom is 0.261 e. The van der Waals surface area contributed by atoms with E-state index < -0.39 is 5.91 Å². The van der Waals surface area contributed by atoms with Crippen LogP contribution in [0.1, 0.15) is 15.9 Å². The first-order valence-electron chi connectivity index (χ1n) is 7.37. The van der Waals surface area contributed by atoms with Crippen molar-refractivity contribution in [3.63, 3.8) is 0 Å². The number of thiocarbonyl (C=S) groups is 1. The SMILES string of the molecule is COc1ccc(Br)cc1C(=O)NC(=S)NNC(=O)Cc1ccc(Cl)cc1. The topological polar surface area (TPSA) is 79.5 Å². The number of amides is 2. The molecule has 0 spiro atoms. The Morgan fingerprint density at radius 1 is 1.15 bits per heavy atom. The van der Waals surface area contributed by atoms with Crippen molar-refractivity contribution in [3.05, 3.63) is 63.1 Å². The summed E-state index contributed by atoms with van der Waals surface area (Å²) >= 11 is 14.1. The van der Waals surface area contributed by atoms with Crippen LogP contribution in [0.3, 0.4) is 0 Å². The number of ether oxygens (including phenoxy) is 1. The quantitative estimate of drug-likeness (QED) is 0.487.